The maximum atomic E-state index is 11.8. The Morgan fingerprint density at radius 1 is 1.14 bits per heavy atom. The lowest BCUT2D eigenvalue weighted by molar-refractivity contribution is 0.0988. The zero-order chi connectivity index (χ0) is 15.9. The predicted octanol–water partition coefficient (Wildman–Crippen LogP) is 5.51. The molecule has 0 N–H and O–H groups in total. The van der Waals surface area contributed by atoms with Gasteiger partial charge in [-0.2, -0.15) is 0 Å². The molecule has 0 radical (unpaired) electrons. The Kier molecular flexibility index (Phi) is 3.92. The van der Waals surface area contributed by atoms with Crippen LogP contribution in [0.3, 0.4) is 0 Å². The van der Waals surface area contributed by atoms with Crippen LogP contribution in [0.1, 0.15) is 29.3 Å². The largest absolute Gasteiger partial charge is 0.344 e. The van der Waals surface area contributed by atoms with Crippen molar-refractivity contribution in [1.29, 1.82) is 0 Å². The number of rotatable bonds is 3. The normalized spacial score (nSPS) is 11.1. The lowest BCUT2D eigenvalue weighted by Crippen LogP contribution is -1.99. The minimum absolute atomic E-state index is 0.190. The van der Waals surface area contributed by atoms with Gasteiger partial charge in [0.15, 0.2) is 5.78 Å². The SMILES string of the molecule is CCC(=O)c1ccc(-c2cc3cc(Br)ccc3n2C)c(C)c1. The van der Waals surface area contributed by atoms with Crippen LogP contribution < -0.4 is 0 Å². The van der Waals surface area contributed by atoms with E-state index in [-0.39, 0.29) is 5.78 Å². The molecule has 1 heterocycles. The molecule has 0 aliphatic rings. The Morgan fingerprint density at radius 2 is 1.91 bits per heavy atom. The highest BCUT2D eigenvalue weighted by atomic mass is 79.9. The van der Waals surface area contributed by atoms with Gasteiger partial charge >= 0.3 is 0 Å². The summed E-state index contributed by atoms with van der Waals surface area (Å²) in [5, 5.41) is 1.21. The summed E-state index contributed by atoms with van der Waals surface area (Å²) >= 11 is 3.52. The number of halogens is 1. The molecule has 0 fully saturated rings. The average Bonchev–Trinajstić information content (AvgIpc) is 2.82. The maximum Gasteiger partial charge on any atom is 0.162 e. The second kappa shape index (κ2) is 5.73. The standard InChI is InChI=1S/C19H18BrNO/c1-4-19(22)13-5-7-16(12(2)9-13)18-11-14-10-15(20)6-8-17(14)21(18)3/h5-11H,4H2,1-3H3. The van der Waals surface area contributed by atoms with Crippen LogP contribution in [0.25, 0.3) is 22.2 Å². The first-order valence-electron chi connectivity index (χ1n) is 7.40. The van der Waals surface area contributed by atoms with Crippen LogP contribution in [0.4, 0.5) is 0 Å². The Morgan fingerprint density at radius 3 is 2.59 bits per heavy atom. The van der Waals surface area contributed by atoms with Gasteiger partial charge in [-0.15, -0.1) is 0 Å². The van der Waals surface area contributed by atoms with Gasteiger partial charge in [0.25, 0.3) is 0 Å². The molecule has 0 aliphatic carbocycles. The summed E-state index contributed by atoms with van der Waals surface area (Å²) in [6.07, 6.45) is 0.543. The summed E-state index contributed by atoms with van der Waals surface area (Å²) in [7, 11) is 2.08. The number of hydrogen-bond donors (Lipinski definition) is 0. The Balaban J connectivity index is 2.15. The molecule has 0 unspecified atom stereocenters. The van der Waals surface area contributed by atoms with E-state index in [0.717, 1.165) is 15.6 Å². The molecule has 0 amide bonds. The van der Waals surface area contributed by atoms with Crippen LogP contribution in [0.2, 0.25) is 0 Å². The van der Waals surface area contributed by atoms with Gasteiger partial charge < -0.3 is 4.57 Å². The third-order valence-corrected chi connectivity index (χ3v) is 4.64. The number of carbonyl (C=O) groups excluding carboxylic acids is 1. The van der Waals surface area contributed by atoms with Gasteiger partial charge in [0.1, 0.15) is 0 Å². The first kappa shape index (κ1) is 15.0. The summed E-state index contributed by atoms with van der Waals surface area (Å²) in [6, 6.07) is 14.5. The summed E-state index contributed by atoms with van der Waals surface area (Å²) in [5.41, 5.74) is 5.46. The van der Waals surface area contributed by atoms with Gasteiger partial charge in [0.05, 0.1) is 0 Å². The van der Waals surface area contributed by atoms with Crippen LogP contribution in [-0.4, -0.2) is 10.4 Å². The van der Waals surface area contributed by atoms with E-state index in [1.54, 1.807) is 0 Å². The molecule has 1 aromatic heterocycles. The van der Waals surface area contributed by atoms with Crippen molar-refractivity contribution in [3.63, 3.8) is 0 Å². The van der Waals surface area contributed by atoms with Crippen molar-refractivity contribution >= 4 is 32.6 Å². The van der Waals surface area contributed by atoms with E-state index in [4.69, 9.17) is 0 Å². The molecule has 3 rings (SSSR count). The third kappa shape index (κ3) is 2.50. The summed E-state index contributed by atoms with van der Waals surface area (Å²) in [4.78, 5) is 11.8. The molecular formula is C19H18BrNO. The van der Waals surface area contributed by atoms with Gasteiger partial charge in [-0.3, -0.25) is 4.79 Å². The molecule has 22 heavy (non-hydrogen) atoms. The first-order valence-corrected chi connectivity index (χ1v) is 8.19. The molecular weight excluding hydrogens is 338 g/mol. The van der Waals surface area contributed by atoms with E-state index in [2.05, 4.69) is 64.8 Å². The smallest absolute Gasteiger partial charge is 0.162 e. The highest BCUT2D eigenvalue weighted by Gasteiger charge is 2.12. The summed E-state index contributed by atoms with van der Waals surface area (Å²) < 4.78 is 3.28. The highest BCUT2D eigenvalue weighted by molar-refractivity contribution is 9.10. The fourth-order valence-corrected chi connectivity index (χ4v) is 3.29. The lowest BCUT2D eigenvalue weighted by Gasteiger charge is -2.09. The van der Waals surface area contributed by atoms with Crippen molar-refractivity contribution in [2.45, 2.75) is 20.3 Å². The number of carbonyl (C=O) groups is 1. The lowest BCUT2D eigenvalue weighted by atomic mass is 9.99. The average molecular weight is 356 g/mol. The minimum Gasteiger partial charge on any atom is -0.344 e. The van der Waals surface area contributed by atoms with E-state index in [1.807, 2.05) is 19.1 Å². The molecule has 2 nitrogen and oxygen atoms in total. The maximum absolute atomic E-state index is 11.8. The molecule has 0 bridgehead atoms. The van der Waals surface area contributed by atoms with Crippen molar-refractivity contribution in [2.75, 3.05) is 0 Å². The number of Topliss-reactive ketones (excluding diaryl/α,β-unsaturated/α-hetero) is 1. The van der Waals surface area contributed by atoms with E-state index < -0.39 is 0 Å². The molecule has 2 aromatic carbocycles. The number of nitrogens with zero attached hydrogens (tertiary/aromatic N) is 1. The third-order valence-electron chi connectivity index (χ3n) is 4.15. The van der Waals surface area contributed by atoms with Gasteiger partial charge in [-0.1, -0.05) is 35.0 Å². The zero-order valence-electron chi connectivity index (χ0n) is 13.0. The fourth-order valence-electron chi connectivity index (χ4n) is 2.91. The van der Waals surface area contributed by atoms with Crippen LogP contribution in [0, 0.1) is 6.92 Å². The molecule has 0 atom stereocenters. The Hall–Kier alpha value is -1.87. The van der Waals surface area contributed by atoms with Gasteiger partial charge in [0, 0.05) is 45.7 Å². The first-order chi connectivity index (χ1) is 10.5. The topological polar surface area (TPSA) is 22.0 Å². The molecule has 112 valence electrons. The van der Waals surface area contributed by atoms with Crippen LogP contribution in [-0.2, 0) is 7.05 Å². The molecule has 0 saturated heterocycles. The molecule has 3 aromatic rings. The van der Waals surface area contributed by atoms with Crippen molar-refractivity contribution < 1.29 is 4.79 Å². The zero-order valence-corrected chi connectivity index (χ0v) is 14.6. The van der Waals surface area contributed by atoms with Crippen molar-refractivity contribution in [2.24, 2.45) is 7.05 Å². The molecule has 3 heteroatoms. The summed E-state index contributed by atoms with van der Waals surface area (Å²) in [6.45, 7) is 3.96. The van der Waals surface area contributed by atoms with Crippen molar-refractivity contribution in [3.8, 4) is 11.3 Å². The molecule has 0 spiro atoms. The molecule has 0 aliphatic heterocycles. The number of benzene rings is 2. The van der Waals surface area contributed by atoms with Crippen LogP contribution >= 0.6 is 15.9 Å². The molecule has 0 saturated carbocycles. The second-order valence-electron chi connectivity index (χ2n) is 5.60. The van der Waals surface area contributed by atoms with E-state index in [1.165, 1.54) is 22.2 Å². The number of fused-ring (bicyclic) bond motifs is 1. The van der Waals surface area contributed by atoms with Crippen molar-refractivity contribution in [3.05, 3.63) is 58.1 Å². The van der Waals surface area contributed by atoms with Crippen molar-refractivity contribution in [1.82, 2.24) is 4.57 Å². The van der Waals surface area contributed by atoms with Crippen LogP contribution in [0.15, 0.2) is 46.9 Å². The fraction of sp³-hybridized carbons (Fsp3) is 0.211. The Labute approximate surface area is 138 Å². The minimum atomic E-state index is 0.190. The van der Waals surface area contributed by atoms with Gasteiger partial charge in [-0.25, -0.2) is 0 Å². The monoisotopic (exact) mass is 355 g/mol. The van der Waals surface area contributed by atoms with E-state index in [9.17, 15) is 4.79 Å². The number of aryl methyl sites for hydroxylation is 2. The quantitative estimate of drug-likeness (QED) is 0.567. The van der Waals surface area contributed by atoms with Crippen LogP contribution in [0.5, 0.6) is 0 Å². The number of hydrogen-bond acceptors (Lipinski definition) is 1. The summed E-state index contributed by atoms with van der Waals surface area (Å²) in [5.74, 6) is 0.190. The van der Waals surface area contributed by atoms with E-state index >= 15 is 0 Å². The van der Waals surface area contributed by atoms with E-state index in [0.29, 0.717) is 6.42 Å². The Bertz CT molecular complexity index is 877. The number of aromatic nitrogens is 1. The second-order valence-corrected chi connectivity index (χ2v) is 6.51. The van der Waals surface area contributed by atoms with Gasteiger partial charge in [-0.05, 0) is 42.8 Å². The highest BCUT2D eigenvalue weighted by Crippen LogP contribution is 2.31. The van der Waals surface area contributed by atoms with Gasteiger partial charge in [0.2, 0.25) is 0 Å². The predicted molar refractivity (Wildman–Crippen MR) is 95.4 cm³/mol. The number of ketones is 1.